The minimum atomic E-state index is 0.353. The first-order chi connectivity index (χ1) is 4.86. The molecule has 2 aliphatic rings. The molecular formula is C4H3N5O. The smallest absolute Gasteiger partial charge is 0.149 e. The minimum Gasteiger partial charge on any atom is -0.571 e. The molecule has 0 unspecified atom stereocenters. The molecule has 0 bridgehead atoms. The van der Waals surface area contributed by atoms with Crippen LogP contribution in [-0.2, 0) is 0 Å². The molecule has 1 N–H and O–H groups in total. The number of hydrogen-bond acceptors (Lipinski definition) is 4. The van der Waals surface area contributed by atoms with Gasteiger partial charge in [-0.3, -0.25) is 0 Å². The number of aromatic nitrogens is 5. The highest BCUT2D eigenvalue weighted by atomic mass is 16.5. The van der Waals surface area contributed by atoms with Crippen molar-refractivity contribution in [3.05, 3.63) is 17.6 Å². The number of rotatable bonds is 0. The molecule has 0 aromatic carbocycles. The van der Waals surface area contributed by atoms with Gasteiger partial charge in [0.1, 0.15) is 17.6 Å². The highest BCUT2D eigenvalue weighted by Gasteiger charge is 2.07. The van der Waals surface area contributed by atoms with Crippen molar-refractivity contribution in [2.24, 2.45) is 0 Å². The zero-order valence-corrected chi connectivity index (χ0v) is 4.85. The Bertz CT molecular complexity index is 318. The van der Waals surface area contributed by atoms with Crippen molar-refractivity contribution in [2.45, 2.75) is 0 Å². The van der Waals surface area contributed by atoms with Gasteiger partial charge in [0.15, 0.2) is 0 Å². The number of fused-ring (bicyclic) bond motifs is 1. The van der Waals surface area contributed by atoms with E-state index in [4.69, 9.17) is 0 Å². The average Bonchev–Trinajstić information content (AvgIpc) is 2.33. The van der Waals surface area contributed by atoms with E-state index < -0.39 is 0 Å². The van der Waals surface area contributed by atoms with Crippen LogP contribution in [0.1, 0.15) is 0 Å². The number of H-pyrrole nitrogens is 1. The van der Waals surface area contributed by atoms with Gasteiger partial charge in [0.05, 0.1) is 6.20 Å². The van der Waals surface area contributed by atoms with Crippen molar-refractivity contribution in [1.29, 1.82) is 0 Å². The van der Waals surface area contributed by atoms with E-state index in [9.17, 15) is 5.21 Å². The molecule has 0 saturated heterocycles. The molecular weight excluding hydrogens is 134 g/mol. The molecule has 0 spiro atoms. The summed E-state index contributed by atoms with van der Waals surface area (Å²) in [5, 5.41) is 23.5. The Balaban J connectivity index is 2.75. The molecule has 0 atom stereocenters. The second-order valence-electron chi connectivity index (χ2n) is 1.77. The van der Waals surface area contributed by atoms with Gasteiger partial charge in [-0.1, -0.05) is 0 Å². The van der Waals surface area contributed by atoms with Crippen LogP contribution in [0.4, 0.5) is 0 Å². The molecule has 50 valence electrons. The summed E-state index contributed by atoms with van der Waals surface area (Å²) < 4.78 is 0. The predicted octanol–water partition coefficient (Wildman–Crippen LogP) is -1.06. The van der Waals surface area contributed by atoms with Gasteiger partial charge < -0.3 is 5.21 Å². The third-order valence-electron chi connectivity index (χ3n) is 1.13. The first-order valence-electron chi connectivity index (χ1n) is 2.62. The summed E-state index contributed by atoms with van der Waals surface area (Å²) in [5.74, 6) is 0. The second-order valence-corrected chi connectivity index (χ2v) is 1.77. The van der Waals surface area contributed by atoms with E-state index in [2.05, 4.69) is 20.4 Å². The van der Waals surface area contributed by atoms with Crippen molar-refractivity contribution >= 4 is 0 Å². The standard InChI is InChI=1S/C4H3N5O/c10-9-6-2-3-4(8-9)1-5-7-3/h1-2H,(H,6,8). The molecule has 0 aliphatic carbocycles. The highest BCUT2D eigenvalue weighted by molar-refractivity contribution is 5.49. The van der Waals surface area contributed by atoms with Crippen LogP contribution in [-0.4, -0.2) is 20.4 Å². The molecule has 2 aliphatic heterocycles. The first-order valence-corrected chi connectivity index (χ1v) is 2.62. The fourth-order valence-electron chi connectivity index (χ4n) is 0.689. The lowest BCUT2D eigenvalue weighted by Gasteiger charge is -1.92. The molecule has 0 fully saturated rings. The molecule has 0 aromatic heterocycles. The van der Waals surface area contributed by atoms with E-state index in [1.54, 1.807) is 0 Å². The zero-order chi connectivity index (χ0) is 6.97. The van der Waals surface area contributed by atoms with Gasteiger partial charge in [-0.2, -0.15) is 5.10 Å². The van der Waals surface area contributed by atoms with Gasteiger partial charge in [0, 0.05) is 10.1 Å². The topological polar surface area (TPSA) is 81.4 Å². The molecule has 2 heterocycles. The lowest BCUT2D eigenvalue weighted by Crippen LogP contribution is -2.35. The fraction of sp³-hybridized carbons (Fsp3) is 0. The second kappa shape index (κ2) is 1.63. The van der Waals surface area contributed by atoms with E-state index in [-0.39, 0.29) is 0 Å². The molecule has 6 heteroatoms. The lowest BCUT2D eigenvalue weighted by molar-refractivity contribution is -0.727. The van der Waals surface area contributed by atoms with E-state index in [1.807, 2.05) is 0 Å². The Morgan fingerprint density at radius 1 is 1.50 bits per heavy atom. The summed E-state index contributed by atoms with van der Waals surface area (Å²) in [6.07, 6.45) is 2.82. The fourth-order valence-corrected chi connectivity index (χ4v) is 0.689. The van der Waals surface area contributed by atoms with Crippen molar-refractivity contribution < 1.29 is 4.96 Å². The van der Waals surface area contributed by atoms with Crippen LogP contribution in [0.2, 0.25) is 0 Å². The number of aromatic amines is 1. The van der Waals surface area contributed by atoms with E-state index in [0.717, 1.165) is 0 Å². The summed E-state index contributed by atoms with van der Waals surface area (Å²) >= 11 is 0. The third kappa shape index (κ3) is 0.586. The summed E-state index contributed by atoms with van der Waals surface area (Å²) in [5.41, 5.74) is 1.18. The maximum absolute atomic E-state index is 10.5. The molecule has 2 rings (SSSR count). The SMILES string of the molecule is [O-][n+]1ncc2nncc-2[nH]1. The van der Waals surface area contributed by atoms with Crippen LogP contribution in [0, 0.1) is 5.21 Å². The zero-order valence-electron chi connectivity index (χ0n) is 4.85. The molecule has 6 nitrogen and oxygen atoms in total. The average molecular weight is 137 g/mol. The highest BCUT2D eigenvalue weighted by Crippen LogP contribution is 2.08. The van der Waals surface area contributed by atoms with Gasteiger partial charge in [0.2, 0.25) is 0 Å². The van der Waals surface area contributed by atoms with Crippen LogP contribution in [0.5, 0.6) is 0 Å². The number of nitrogens with one attached hydrogen (secondary N) is 1. The molecule has 0 amide bonds. The van der Waals surface area contributed by atoms with E-state index in [0.29, 0.717) is 16.3 Å². The van der Waals surface area contributed by atoms with Crippen molar-refractivity contribution in [1.82, 2.24) is 20.4 Å². The summed E-state index contributed by atoms with van der Waals surface area (Å²) in [6.45, 7) is 0. The Kier molecular flexibility index (Phi) is 0.830. The maximum Gasteiger partial charge on any atom is 0.149 e. The first kappa shape index (κ1) is 5.10. The van der Waals surface area contributed by atoms with E-state index in [1.165, 1.54) is 12.4 Å². The maximum atomic E-state index is 10.5. The van der Waals surface area contributed by atoms with Crippen LogP contribution in [0.3, 0.4) is 0 Å². The Labute approximate surface area is 55.4 Å². The third-order valence-corrected chi connectivity index (χ3v) is 1.13. The quantitative estimate of drug-likeness (QED) is 0.370. The lowest BCUT2D eigenvalue weighted by atomic mass is 10.4. The van der Waals surface area contributed by atoms with Crippen molar-refractivity contribution in [3.8, 4) is 11.4 Å². The van der Waals surface area contributed by atoms with Gasteiger partial charge in [-0.25, -0.2) is 0 Å². The summed E-state index contributed by atoms with van der Waals surface area (Å²) in [7, 11) is 0. The Hall–Kier alpha value is -1.72. The van der Waals surface area contributed by atoms with Crippen molar-refractivity contribution in [2.75, 3.05) is 0 Å². The molecule has 0 radical (unpaired) electrons. The Morgan fingerprint density at radius 3 is 3.30 bits per heavy atom. The monoisotopic (exact) mass is 137 g/mol. The predicted molar refractivity (Wildman–Crippen MR) is 29.8 cm³/mol. The summed E-state index contributed by atoms with van der Waals surface area (Å²) in [4.78, 5) is 0.353. The largest absolute Gasteiger partial charge is 0.571 e. The molecule has 10 heavy (non-hydrogen) atoms. The van der Waals surface area contributed by atoms with Crippen LogP contribution in [0.15, 0.2) is 12.4 Å². The van der Waals surface area contributed by atoms with Gasteiger partial charge >= 0.3 is 0 Å². The summed E-state index contributed by atoms with van der Waals surface area (Å²) in [6, 6.07) is 0. The molecule has 0 saturated carbocycles. The number of hydrogen-bond donors (Lipinski definition) is 1. The Morgan fingerprint density at radius 2 is 2.40 bits per heavy atom. The van der Waals surface area contributed by atoms with Gasteiger partial charge in [-0.15, -0.1) is 10.2 Å². The van der Waals surface area contributed by atoms with Gasteiger partial charge in [-0.05, 0) is 0 Å². The van der Waals surface area contributed by atoms with Crippen molar-refractivity contribution in [3.63, 3.8) is 0 Å². The molecule has 0 aromatic rings. The van der Waals surface area contributed by atoms with E-state index >= 15 is 0 Å². The normalized spacial score (nSPS) is 10.4. The van der Waals surface area contributed by atoms with Gasteiger partial charge in [0.25, 0.3) is 0 Å². The van der Waals surface area contributed by atoms with Crippen LogP contribution >= 0.6 is 0 Å². The minimum absolute atomic E-state index is 0.353. The number of nitrogens with zero attached hydrogens (tertiary/aromatic N) is 4. The van der Waals surface area contributed by atoms with Crippen LogP contribution < -0.4 is 4.96 Å². The van der Waals surface area contributed by atoms with Crippen LogP contribution in [0.25, 0.3) is 11.4 Å².